The molecule has 0 aliphatic heterocycles. The normalized spacial score (nSPS) is 12.6. The molecule has 0 radical (unpaired) electrons. The fourth-order valence-electron chi connectivity index (χ4n) is 1.74. The smallest absolute Gasteiger partial charge is 0.253 e. The van der Waals surface area contributed by atoms with Gasteiger partial charge in [-0.3, -0.25) is 4.79 Å². The number of halogens is 3. The topological polar surface area (TPSA) is 55.1 Å². The predicted octanol–water partition coefficient (Wildman–Crippen LogP) is 2.72. The number of nitrogens with two attached hydrogens (primary N) is 1. The molecule has 6 heteroatoms. The van der Waals surface area contributed by atoms with Crippen LogP contribution in [0.2, 0.25) is 5.02 Å². The van der Waals surface area contributed by atoms with Gasteiger partial charge < -0.3 is 11.1 Å². The summed E-state index contributed by atoms with van der Waals surface area (Å²) in [5.41, 5.74) is 5.46. The van der Waals surface area contributed by atoms with Crippen molar-refractivity contribution in [1.29, 1.82) is 0 Å². The van der Waals surface area contributed by atoms with Crippen molar-refractivity contribution in [3.63, 3.8) is 0 Å². The van der Waals surface area contributed by atoms with Crippen molar-refractivity contribution in [2.75, 3.05) is 6.54 Å². The Morgan fingerprint density at radius 1 is 1.37 bits per heavy atom. The van der Waals surface area contributed by atoms with E-state index >= 15 is 0 Å². The second-order valence-corrected chi connectivity index (χ2v) is 5.19. The first-order chi connectivity index (χ1) is 8.85. The predicted molar refractivity (Wildman–Crippen MR) is 71.1 cm³/mol. The maximum absolute atomic E-state index is 13.1. The third-order valence-electron chi connectivity index (χ3n) is 2.63. The lowest BCUT2D eigenvalue weighted by molar-refractivity contribution is 0.0933. The van der Waals surface area contributed by atoms with Gasteiger partial charge in [-0.2, -0.15) is 0 Å². The van der Waals surface area contributed by atoms with Gasteiger partial charge in [-0.1, -0.05) is 25.4 Å². The quantitative estimate of drug-likeness (QED) is 0.819. The Morgan fingerprint density at radius 2 is 1.95 bits per heavy atom. The summed E-state index contributed by atoms with van der Waals surface area (Å²) in [5, 5.41) is 2.54. The van der Waals surface area contributed by atoms with E-state index in [0.29, 0.717) is 12.3 Å². The molecule has 1 aromatic rings. The number of benzene rings is 1. The number of hydrogen-bond donors (Lipinski definition) is 2. The first-order valence-corrected chi connectivity index (χ1v) is 6.38. The fraction of sp³-hybridized carbons (Fsp3) is 0.462. The van der Waals surface area contributed by atoms with E-state index in [9.17, 15) is 13.6 Å². The number of carbonyl (C=O) groups excluding carboxylic acids is 1. The molecule has 1 unspecified atom stereocenters. The van der Waals surface area contributed by atoms with Gasteiger partial charge in [0.2, 0.25) is 0 Å². The Balaban J connectivity index is 2.85. The average Bonchev–Trinajstić information content (AvgIpc) is 2.32. The van der Waals surface area contributed by atoms with E-state index in [1.54, 1.807) is 0 Å². The van der Waals surface area contributed by atoms with Crippen LogP contribution in [0.1, 0.15) is 30.6 Å². The minimum atomic E-state index is -1.11. The minimum absolute atomic E-state index is 0.0947. The zero-order chi connectivity index (χ0) is 14.6. The van der Waals surface area contributed by atoms with E-state index in [1.807, 2.05) is 13.8 Å². The van der Waals surface area contributed by atoms with Crippen LogP contribution in [0.3, 0.4) is 0 Å². The summed E-state index contributed by atoms with van der Waals surface area (Å²) in [5.74, 6) is -2.39. The Labute approximate surface area is 116 Å². The number of rotatable bonds is 5. The molecule has 3 N–H and O–H groups in total. The molecule has 0 saturated heterocycles. The summed E-state index contributed by atoms with van der Waals surface area (Å²) in [4.78, 5) is 11.9. The molecule has 0 aliphatic rings. The second-order valence-electron chi connectivity index (χ2n) is 4.78. The molecule has 0 spiro atoms. The SMILES string of the molecule is CC(C)CC(CN)NC(=O)c1cc(F)c(F)cc1Cl. The first-order valence-electron chi connectivity index (χ1n) is 6.00. The van der Waals surface area contributed by atoms with Crippen LogP contribution in [-0.4, -0.2) is 18.5 Å². The first kappa shape index (κ1) is 15.9. The summed E-state index contributed by atoms with van der Waals surface area (Å²) < 4.78 is 26.0. The van der Waals surface area contributed by atoms with Crippen molar-refractivity contribution >= 4 is 17.5 Å². The van der Waals surface area contributed by atoms with Crippen LogP contribution in [0.25, 0.3) is 0 Å². The maximum Gasteiger partial charge on any atom is 0.253 e. The van der Waals surface area contributed by atoms with Crippen molar-refractivity contribution in [3.8, 4) is 0 Å². The second kappa shape index (κ2) is 6.82. The van der Waals surface area contributed by atoms with Crippen molar-refractivity contribution < 1.29 is 13.6 Å². The lowest BCUT2D eigenvalue weighted by Gasteiger charge is -2.19. The molecule has 0 bridgehead atoms. The van der Waals surface area contributed by atoms with Gasteiger partial charge >= 0.3 is 0 Å². The summed E-state index contributed by atoms with van der Waals surface area (Å²) in [7, 11) is 0. The highest BCUT2D eigenvalue weighted by atomic mass is 35.5. The van der Waals surface area contributed by atoms with Gasteiger partial charge in [-0.05, 0) is 24.5 Å². The number of nitrogens with one attached hydrogen (secondary N) is 1. The molecule has 0 aliphatic carbocycles. The van der Waals surface area contributed by atoms with E-state index in [4.69, 9.17) is 17.3 Å². The summed E-state index contributed by atoms with van der Waals surface area (Å²) in [6, 6.07) is 1.35. The van der Waals surface area contributed by atoms with E-state index < -0.39 is 17.5 Å². The van der Waals surface area contributed by atoms with Crippen molar-refractivity contribution in [2.45, 2.75) is 26.3 Å². The molecule has 1 aromatic carbocycles. The molecule has 0 heterocycles. The van der Waals surface area contributed by atoms with Crippen molar-refractivity contribution in [2.24, 2.45) is 11.7 Å². The van der Waals surface area contributed by atoms with Gasteiger partial charge in [-0.15, -0.1) is 0 Å². The van der Waals surface area contributed by atoms with Gasteiger partial charge in [0.25, 0.3) is 5.91 Å². The molecule has 1 rings (SSSR count). The maximum atomic E-state index is 13.1. The molecule has 3 nitrogen and oxygen atoms in total. The minimum Gasteiger partial charge on any atom is -0.348 e. The third-order valence-corrected chi connectivity index (χ3v) is 2.94. The Hall–Kier alpha value is -1.20. The average molecular weight is 291 g/mol. The summed E-state index contributed by atoms with van der Waals surface area (Å²) >= 11 is 5.73. The van der Waals surface area contributed by atoms with Crippen LogP contribution in [0.5, 0.6) is 0 Å². The highest BCUT2D eigenvalue weighted by molar-refractivity contribution is 6.33. The third kappa shape index (κ3) is 4.44. The standard InChI is InChI=1S/C13H17ClF2N2O/c1-7(2)3-8(6-17)18-13(19)9-4-11(15)12(16)5-10(9)14/h4-5,7-8H,3,6,17H2,1-2H3,(H,18,19). The molecule has 0 saturated carbocycles. The van der Waals surface area contributed by atoms with E-state index in [2.05, 4.69) is 5.32 Å². The van der Waals surface area contributed by atoms with E-state index in [0.717, 1.165) is 12.1 Å². The summed E-state index contributed by atoms with van der Waals surface area (Å²) in [6.07, 6.45) is 0.698. The van der Waals surface area contributed by atoms with Gasteiger partial charge in [0.1, 0.15) is 0 Å². The van der Waals surface area contributed by atoms with Gasteiger partial charge in [0.15, 0.2) is 11.6 Å². The lowest BCUT2D eigenvalue weighted by Crippen LogP contribution is -2.41. The Morgan fingerprint density at radius 3 is 2.47 bits per heavy atom. The summed E-state index contributed by atoms with van der Waals surface area (Å²) in [6.45, 7) is 4.27. The number of amides is 1. The van der Waals surface area contributed by atoms with Crippen LogP contribution in [-0.2, 0) is 0 Å². The zero-order valence-electron chi connectivity index (χ0n) is 10.8. The number of hydrogen-bond acceptors (Lipinski definition) is 2. The van der Waals surface area contributed by atoms with Crippen molar-refractivity contribution in [3.05, 3.63) is 34.4 Å². The van der Waals surface area contributed by atoms with Gasteiger partial charge in [0, 0.05) is 12.6 Å². The van der Waals surface area contributed by atoms with Crippen LogP contribution in [0.4, 0.5) is 8.78 Å². The Kier molecular flexibility index (Phi) is 5.69. The van der Waals surface area contributed by atoms with Gasteiger partial charge in [-0.25, -0.2) is 8.78 Å². The number of carbonyl (C=O) groups is 1. The van der Waals surface area contributed by atoms with Crippen LogP contribution in [0, 0.1) is 17.6 Å². The zero-order valence-corrected chi connectivity index (χ0v) is 11.6. The molecule has 19 heavy (non-hydrogen) atoms. The van der Waals surface area contributed by atoms with Crippen LogP contribution < -0.4 is 11.1 Å². The Bertz CT molecular complexity index is 466. The molecule has 1 atom stereocenters. The monoisotopic (exact) mass is 290 g/mol. The largest absolute Gasteiger partial charge is 0.348 e. The molecular formula is C13H17ClF2N2O. The molecular weight excluding hydrogens is 274 g/mol. The molecule has 0 aromatic heterocycles. The van der Waals surface area contributed by atoms with Crippen molar-refractivity contribution in [1.82, 2.24) is 5.32 Å². The molecule has 1 amide bonds. The highest BCUT2D eigenvalue weighted by Crippen LogP contribution is 2.20. The van der Waals surface area contributed by atoms with Crippen LogP contribution in [0.15, 0.2) is 12.1 Å². The van der Waals surface area contributed by atoms with E-state index in [1.165, 1.54) is 0 Å². The fourth-order valence-corrected chi connectivity index (χ4v) is 1.98. The molecule has 0 fully saturated rings. The van der Waals surface area contributed by atoms with Gasteiger partial charge in [0.05, 0.1) is 10.6 Å². The highest BCUT2D eigenvalue weighted by Gasteiger charge is 2.18. The lowest BCUT2D eigenvalue weighted by atomic mass is 10.0. The van der Waals surface area contributed by atoms with E-state index in [-0.39, 0.29) is 23.2 Å². The molecule has 106 valence electrons. The van der Waals surface area contributed by atoms with Crippen LogP contribution >= 0.6 is 11.6 Å².